The van der Waals surface area contributed by atoms with Gasteiger partial charge in [0.25, 0.3) is 30.4 Å². The Morgan fingerprint density at radius 2 is 1.58 bits per heavy atom. The molecule has 1 aromatic carbocycles. The lowest BCUT2D eigenvalue weighted by atomic mass is 9.77. The number of fused-ring (bicyclic) bond motifs is 2. The molecule has 53 heavy (non-hydrogen) atoms. The number of anilines is 1. The second-order valence-corrected chi connectivity index (χ2v) is 18.9. The van der Waals surface area contributed by atoms with Gasteiger partial charge < -0.3 is 9.32 Å². The molecule has 288 valence electrons. The summed E-state index contributed by atoms with van der Waals surface area (Å²) >= 11 is 0. The van der Waals surface area contributed by atoms with E-state index in [9.17, 15) is 34.4 Å². The zero-order valence-corrected chi connectivity index (χ0v) is 33.1. The van der Waals surface area contributed by atoms with Crippen LogP contribution < -0.4 is 14.8 Å². The molecule has 0 fully saturated rings. The average molecular weight is 790 g/mol. The molecule has 0 bridgehead atoms. The maximum absolute atomic E-state index is 12.0. The van der Waals surface area contributed by atoms with Crippen molar-refractivity contribution in [3.8, 4) is 11.3 Å². The van der Waals surface area contributed by atoms with Gasteiger partial charge in [-0.3, -0.25) is 13.7 Å². The largest absolute Gasteiger partial charge is 0.460 e. The zero-order valence-electron chi connectivity index (χ0n) is 30.7. The monoisotopic (exact) mass is 789 g/mol. The zero-order chi connectivity index (χ0) is 39.4. The van der Waals surface area contributed by atoms with E-state index < -0.39 is 41.5 Å². The number of nitrogens with zero attached hydrogens (tertiary/aromatic N) is 2. The van der Waals surface area contributed by atoms with E-state index in [0.29, 0.717) is 36.5 Å². The molecule has 0 amide bonds. The van der Waals surface area contributed by atoms with Gasteiger partial charge in [-0.2, -0.15) is 25.3 Å². The fourth-order valence-corrected chi connectivity index (χ4v) is 8.07. The molecule has 3 N–H and O–H groups in total. The first kappa shape index (κ1) is 42.1. The highest BCUT2D eigenvalue weighted by Crippen LogP contribution is 2.51. The molecule has 0 spiro atoms. The third-order valence-electron chi connectivity index (χ3n) is 9.29. The van der Waals surface area contributed by atoms with Crippen molar-refractivity contribution in [2.24, 2.45) is 0 Å². The maximum atomic E-state index is 12.0. The molecule has 1 aliphatic carbocycles. The summed E-state index contributed by atoms with van der Waals surface area (Å²) in [6.45, 7) is 17.3. The normalized spacial score (nSPS) is 18.5. The van der Waals surface area contributed by atoms with Crippen LogP contribution in [-0.2, 0) is 41.2 Å². The van der Waals surface area contributed by atoms with Gasteiger partial charge in [0, 0.05) is 46.8 Å². The molecule has 0 aromatic heterocycles. The maximum Gasteiger partial charge on any atom is 0.294 e. The number of hydrogen-bond acceptors (Lipinski definition) is 8. The van der Waals surface area contributed by atoms with Gasteiger partial charge in [-0.15, -0.1) is 0 Å². The Morgan fingerprint density at radius 1 is 0.906 bits per heavy atom. The fourth-order valence-electron chi connectivity index (χ4n) is 6.57. The van der Waals surface area contributed by atoms with Gasteiger partial charge in [-0.1, -0.05) is 45.1 Å². The highest BCUT2D eigenvalue weighted by molar-refractivity contribution is 7.86. The highest BCUT2D eigenvalue weighted by atomic mass is 32.2. The summed E-state index contributed by atoms with van der Waals surface area (Å²) in [5.74, 6) is 0.629. The summed E-state index contributed by atoms with van der Waals surface area (Å²) in [6.07, 6.45) is 10.4. The molecule has 1 aromatic rings. The molecule has 15 heteroatoms. The SMILES string of the molecule is [CH]CCC1(C)\C(=C/C=C/C=C/c2cc(C(C)(C)C)oc3cc(=[N+](CC)CCCS(=O)(=O)O)ccc2-3)N(CCCS(=O)(=O)O)c2ccc(S(=O)(=O)O)cc21. The lowest BCUT2D eigenvalue weighted by molar-refractivity contribution is 0.404. The first-order valence-electron chi connectivity index (χ1n) is 17.3. The Balaban J connectivity index is 1.75. The van der Waals surface area contributed by atoms with Crippen molar-refractivity contribution in [2.45, 2.75) is 76.0 Å². The second kappa shape index (κ2) is 16.4. The molecular formula is C38H49N2O10S3+. The molecule has 2 aliphatic heterocycles. The van der Waals surface area contributed by atoms with Crippen molar-refractivity contribution in [1.82, 2.24) is 4.58 Å². The van der Waals surface area contributed by atoms with E-state index in [1.54, 1.807) is 6.07 Å². The minimum Gasteiger partial charge on any atom is -0.460 e. The summed E-state index contributed by atoms with van der Waals surface area (Å²) in [7, 11) is -12.8. The van der Waals surface area contributed by atoms with Crippen molar-refractivity contribution in [3.05, 3.63) is 102 Å². The molecule has 2 radical (unpaired) electrons. The molecule has 12 nitrogen and oxygen atoms in total. The first-order chi connectivity index (χ1) is 24.6. The van der Waals surface area contributed by atoms with Crippen LogP contribution in [0.25, 0.3) is 17.4 Å². The van der Waals surface area contributed by atoms with Gasteiger partial charge in [0.1, 0.15) is 24.6 Å². The highest BCUT2D eigenvalue weighted by Gasteiger charge is 2.43. The summed E-state index contributed by atoms with van der Waals surface area (Å²) in [4.78, 5) is 1.62. The Labute approximate surface area is 313 Å². The number of hydrogen-bond donors (Lipinski definition) is 3. The van der Waals surface area contributed by atoms with Crippen molar-refractivity contribution >= 4 is 42.1 Å². The molecule has 3 aliphatic rings. The minimum absolute atomic E-state index is 0.0997. The van der Waals surface area contributed by atoms with E-state index >= 15 is 0 Å². The molecule has 1 atom stereocenters. The smallest absolute Gasteiger partial charge is 0.294 e. The number of benzene rings is 2. The van der Waals surface area contributed by atoms with Gasteiger partial charge in [-0.05, 0) is 87.6 Å². The summed E-state index contributed by atoms with van der Waals surface area (Å²) < 4.78 is 106. The van der Waals surface area contributed by atoms with Crippen LogP contribution in [0.2, 0.25) is 0 Å². The van der Waals surface area contributed by atoms with E-state index in [1.165, 1.54) is 12.1 Å². The van der Waals surface area contributed by atoms with Gasteiger partial charge in [0.05, 0.1) is 22.5 Å². The van der Waals surface area contributed by atoms with Crippen LogP contribution in [0.15, 0.2) is 81.8 Å². The topological polar surface area (TPSA) is 182 Å². The van der Waals surface area contributed by atoms with Crippen LogP contribution in [0.1, 0.15) is 77.2 Å². The molecule has 1 unspecified atom stereocenters. The van der Waals surface area contributed by atoms with Crippen molar-refractivity contribution < 1.29 is 43.3 Å². The van der Waals surface area contributed by atoms with Crippen LogP contribution in [0.4, 0.5) is 5.69 Å². The molecular weight excluding hydrogens is 741 g/mol. The summed E-state index contributed by atoms with van der Waals surface area (Å²) in [5.41, 5.74) is 2.67. The van der Waals surface area contributed by atoms with Crippen molar-refractivity contribution in [1.29, 1.82) is 0 Å². The average Bonchev–Trinajstić information content (AvgIpc) is 3.26. The van der Waals surface area contributed by atoms with Crippen LogP contribution in [0, 0.1) is 6.92 Å². The van der Waals surface area contributed by atoms with E-state index in [1.807, 2.05) is 98.7 Å². The van der Waals surface area contributed by atoms with Gasteiger partial charge in [-0.25, -0.2) is 4.58 Å². The van der Waals surface area contributed by atoms with E-state index in [0.717, 1.165) is 27.9 Å². The third-order valence-corrected chi connectivity index (χ3v) is 11.7. The van der Waals surface area contributed by atoms with E-state index in [2.05, 4.69) is 0 Å². The fraction of sp³-hybridized carbons (Fsp3) is 0.421. The third kappa shape index (κ3) is 10.8. The van der Waals surface area contributed by atoms with Crippen LogP contribution >= 0.6 is 0 Å². The Bertz CT molecular complexity index is 2280. The summed E-state index contributed by atoms with van der Waals surface area (Å²) in [5, 5.41) is 0.856. The van der Waals surface area contributed by atoms with E-state index in [-0.39, 0.29) is 41.9 Å². The van der Waals surface area contributed by atoms with Crippen molar-refractivity contribution in [2.75, 3.05) is 36.0 Å². The lowest BCUT2D eigenvalue weighted by Gasteiger charge is -2.30. The molecule has 4 rings (SSSR count). The number of rotatable bonds is 15. The predicted molar refractivity (Wildman–Crippen MR) is 208 cm³/mol. The van der Waals surface area contributed by atoms with Crippen LogP contribution in [0.5, 0.6) is 0 Å². The predicted octanol–water partition coefficient (Wildman–Crippen LogP) is 6.00. The molecule has 2 heterocycles. The quantitative estimate of drug-likeness (QED) is 0.0933. The summed E-state index contributed by atoms with van der Waals surface area (Å²) in [6, 6.07) is 12.1. The first-order valence-corrected chi connectivity index (χ1v) is 21.9. The van der Waals surface area contributed by atoms with Gasteiger partial charge in [0.15, 0.2) is 0 Å². The standard InChI is InChI=1S/C38H48N2O10S3/c1-7-20-38(6)32-27-30(53(47,48)49)17-19-33(32)40(22-13-24-52(44,45)46)35(38)15-11-9-10-14-28-25-36(37(3,4)5)50-34-26-29(16-18-31(28)34)39(8-2)21-12-23-51(41,42)43/h1,9-11,14-19,25-27H,7-8,12-13,20-24H2,2-6H3,(H2-,41,42,43,44,45,46,47,48,49)/p+1. The van der Waals surface area contributed by atoms with Crippen LogP contribution in [-0.4, -0.2) is 70.1 Å². The van der Waals surface area contributed by atoms with Crippen molar-refractivity contribution in [3.63, 3.8) is 0 Å². The van der Waals surface area contributed by atoms with Gasteiger partial charge >= 0.3 is 0 Å². The molecule has 0 saturated heterocycles. The van der Waals surface area contributed by atoms with Crippen LogP contribution in [0.3, 0.4) is 0 Å². The van der Waals surface area contributed by atoms with Gasteiger partial charge in [0.2, 0.25) is 5.36 Å². The Morgan fingerprint density at radius 3 is 2.19 bits per heavy atom. The lowest BCUT2D eigenvalue weighted by Crippen LogP contribution is -2.31. The Hall–Kier alpha value is -3.60. The minimum atomic E-state index is -4.50. The number of allylic oxidation sites excluding steroid dienone is 5. The molecule has 0 saturated carbocycles. The Kier molecular flexibility index (Phi) is 13.1. The van der Waals surface area contributed by atoms with E-state index in [4.69, 9.17) is 15.9 Å². The second-order valence-electron chi connectivity index (χ2n) is 14.3.